The van der Waals surface area contributed by atoms with Crippen molar-refractivity contribution in [3.8, 4) is 0 Å². The summed E-state index contributed by atoms with van der Waals surface area (Å²) in [5, 5.41) is 12.6. The lowest BCUT2D eigenvalue weighted by molar-refractivity contribution is -0.139. The molecule has 0 fully saturated rings. The molecule has 3 N–H and O–H groups in total. The Labute approximate surface area is 130 Å². The highest BCUT2D eigenvalue weighted by atomic mass is 79.9. The standard InChI is InChI=1S/C15H17BrN2O3/c1-8(2)7-11(15(20)21)18-14(19)13-12(16)9-5-3-4-6-10(9)17-13/h3-6,8,11,17H,7H2,1-2H3,(H,18,19)(H,20,21)/t11-/m0/s1. The van der Waals surface area contributed by atoms with E-state index in [2.05, 4.69) is 26.2 Å². The first kappa shape index (κ1) is 15.6. The number of halogens is 1. The molecule has 0 radical (unpaired) electrons. The maximum absolute atomic E-state index is 12.3. The van der Waals surface area contributed by atoms with Crippen LogP contribution in [0.2, 0.25) is 0 Å². The van der Waals surface area contributed by atoms with Crippen molar-refractivity contribution in [2.45, 2.75) is 26.3 Å². The molecule has 6 heteroatoms. The van der Waals surface area contributed by atoms with E-state index in [0.29, 0.717) is 16.6 Å². The van der Waals surface area contributed by atoms with Crippen molar-refractivity contribution in [1.82, 2.24) is 10.3 Å². The van der Waals surface area contributed by atoms with Crippen LogP contribution < -0.4 is 5.32 Å². The Bertz CT molecular complexity index is 679. The predicted octanol–water partition coefficient (Wildman–Crippen LogP) is 3.16. The number of fused-ring (bicyclic) bond motifs is 1. The summed E-state index contributed by atoms with van der Waals surface area (Å²) >= 11 is 3.39. The van der Waals surface area contributed by atoms with E-state index < -0.39 is 17.9 Å². The van der Waals surface area contributed by atoms with Crippen molar-refractivity contribution < 1.29 is 14.7 Å². The molecular weight excluding hydrogens is 336 g/mol. The van der Waals surface area contributed by atoms with Gasteiger partial charge < -0.3 is 15.4 Å². The molecule has 112 valence electrons. The summed E-state index contributed by atoms with van der Waals surface area (Å²) in [6.07, 6.45) is 0.388. The molecule has 0 aliphatic heterocycles. The molecule has 0 unspecified atom stereocenters. The molecule has 5 nitrogen and oxygen atoms in total. The van der Waals surface area contributed by atoms with Gasteiger partial charge in [-0.25, -0.2) is 4.79 Å². The average Bonchev–Trinajstić information content (AvgIpc) is 2.75. The molecule has 0 saturated heterocycles. The second-order valence-corrected chi connectivity index (χ2v) is 6.15. The summed E-state index contributed by atoms with van der Waals surface area (Å²) in [5.74, 6) is -1.27. The van der Waals surface area contributed by atoms with Crippen LogP contribution in [0.1, 0.15) is 30.8 Å². The van der Waals surface area contributed by atoms with Crippen LogP contribution in [0.4, 0.5) is 0 Å². The van der Waals surface area contributed by atoms with Crippen LogP contribution >= 0.6 is 15.9 Å². The number of hydrogen-bond acceptors (Lipinski definition) is 2. The Hall–Kier alpha value is -1.82. The highest BCUT2D eigenvalue weighted by Gasteiger charge is 2.24. The zero-order chi connectivity index (χ0) is 15.6. The van der Waals surface area contributed by atoms with Gasteiger partial charge in [0.2, 0.25) is 0 Å². The molecule has 0 aliphatic rings. The quantitative estimate of drug-likeness (QED) is 0.772. The SMILES string of the molecule is CC(C)C[C@H](NC(=O)c1[nH]c2ccccc2c1Br)C(=O)O. The van der Waals surface area contributed by atoms with Crippen molar-refractivity contribution in [2.75, 3.05) is 0 Å². The van der Waals surface area contributed by atoms with Crippen molar-refractivity contribution in [1.29, 1.82) is 0 Å². The van der Waals surface area contributed by atoms with Crippen LogP contribution in [0.3, 0.4) is 0 Å². The van der Waals surface area contributed by atoms with E-state index in [9.17, 15) is 14.7 Å². The average molecular weight is 353 g/mol. The van der Waals surface area contributed by atoms with Gasteiger partial charge in [-0.05, 0) is 34.3 Å². The number of aliphatic carboxylic acids is 1. The molecular formula is C15H17BrN2O3. The number of H-pyrrole nitrogens is 1. The van der Waals surface area contributed by atoms with E-state index in [0.717, 1.165) is 10.9 Å². The van der Waals surface area contributed by atoms with Gasteiger partial charge in [0.15, 0.2) is 0 Å². The fourth-order valence-corrected chi connectivity index (χ4v) is 2.81. The Morgan fingerprint density at radius 1 is 1.33 bits per heavy atom. The summed E-state index contributed by atoms with van der Waals surface area (Å²) < 4.78 is 0.643. The van der Waals surface area contributed by atoms with E-state index in [1.165, 1.54) is 0 Å². The van der Waals surface area contributed by atoms with E-state index in [1.807, 2.05) is 38.1 Å². The third kappa shape index (κ3) is 3.44. The molecule has 1 aromatic heterocycles. The predicted molar refractivity (Wildman–Crippen MR) is 84.3 cm³/mol. The molecule has 21 heavy (non-hydrogen) atoms. The van der Waals surface area contributed by atoms with E-state index in [4.69, 9.17) is 0 Å². The number of carboxylic acid groups (broad SMARTS) is 1. The lowest BCUT2D eigenvalue weighted by atomic mass is 10.0. The second kappa shape index (κ2) is 6.30. The molecule has 0 aliphatic carbocycles. The number of rotatable bonds is 5. The summed E-state index contributed by atoms with van der Waals surface area (Å²) in [6, 6.07) is 6.60. The van der Waals surface area contributed by atoms with Gasteiger partial charge in [-0.15, -0.1) is 0 Å². The first-order valence-electron chi connectivity index (χ1n) is 6.70. The summed E-state index contributed by atoms with van der Waals surface area (Å²) in [4.78, 5) is 26.5. The zero-order valence-corrected chi connectivity index (χ0v) is 13.4. The number of para-hydroxylation sites is 1. The Morgan fingerprint density at radius 3 is 2.57 bits per heavy atom. The largest absolute Gasteiger partial charge is 0.480 e. The van der Waals surface area contributed by atoms with E-state index in [1.54, 1.807) is 0 Å². The highest BCUT2D eigenvalue weighted by molar-refractivity contribution is 9.10. The van der Waals surface area contributed by atoms with Gasteiger partial charge in [0.25, 0.3) is 5.91 Å². The number of carbonyl (C=O) groups is 2. The molecule has 1 atom stereocenters. The van der Waals surface area contributed by atoms with Crippen molar-refractivity contribution in [2.24, 2.45) is 5.92 Å². The molecule has 1 amide bonds. The van der Waals surface area contributed by atoms with Crippen LogP contribution in [0.5, 0.6) is 0 Å². The number of aromatic amines is 1. The Balaban J connectivity index is 2.25. The lowest BCUT2D eigenvalue weighted by Gasteiger charge is -2.16. The molecule has 2 aromatic rings. The van der Waals surface area contributed by atoms with Gasteiger partial charge in [-0.3, -0.25) is 4.79 Å². The lowest BCUT2D eigenvalue weighted by Crippen LogP contribution is -2.41. The monoisotopic (exact) mass is 352 g/mol. The Kier molecular flexibility index (Phi) is 4.67. The third-order valence-corrected chi connectivity index (χ3v) is 4.00. The number of carboxylic acids is 1. The third-order valence-electron chi connectivity index (χ3n) is 3.18. The second-order valence-electron chi connectivity index (χ2n) is 5.35. The molecule has 1 heterocycles. The molecule has 0 spiro atoms. The maximum atomic E-state index is 12.3. The van der Waals surface area contributed by atoms with Crippen molar-refractivity contribution in [3.63, 3.8) is 0 Å². The van der Waals surface area contributed by atoms with Crippen molar-refractivity contribution >= 4 is 38.7 Å². The minimum absolute atomic E-state index is 0.178. The molecule has 2 rings (SSSR count). The summed E-state index contributed by atoms with van der Waals surface area (Å²) in [5.41, 5.74) is 1.16. The summed E-state index contributed by atoms with van der Waals surface area (Å²) in [6.45, 7) is 3.84. The van der Waals surface area contributed by atoms with Gasteiger partial charge in [-0.1, -0.05) is 32.0 Å². The van der Waals surface area contributed by atoms with Crippen LogP contribution in [0, 0.1) is 5.92 Å². The number of carbonyl (C=O) groups excluding carboxylic acids is 1. The molecule has 1 aromatic carbocycles. The zero-order valence-electron chi connectivity index (χ0n) is 11.8. The van der Waals surface area contributed by atoms with Crippen LogP contribution in [0.15, 0.2) is 28.7 Å². The van der Waals surface area contributed by atoms with Gasteiger partial charge in [-0.2, -0.15) is 0 Å². The smallest absolute Gasteiger partial charge is 0.326 e. The number of benzene rings is 1. The van der Waals surface area contributed by atoms with Crippen LogP contribution in [-0.4, -0.2) is 28.0 Å². The number of amides is 1. The number of hydrogen-bond donors (Lipinski definition) is 3. The fourth-order valence-electron chi connectivity index (χ4n) is 2.19. The van der Waals surface area contributed by atoms with Crippen molar-refractivity contribution in [3.05, 3.63) is 34.4 Å². The van der Waals surface area contributed by atoms with E-state index >= 15 is 0 Å². The first-order chi connectivity index (χ1) is 9.90. The number of nitrogens with one attached hydrogen (secondary N) is 2. The van der Waals surface area contributed by atoms with Gasteiger partial charge in [0.1, 0.15) is 11.7 Å². The van der Waals surface area contributed by atoms with Gasteiger partial charge >= 0.3 is 5.97 Å². The minimum Gasteiger partial charge on any atom is -0.480 e. The van der Waals surface area contributed by atoms with Crippen LogP contribution in [-0.2, 0) is 4.79 Å². The first-order valence-corrected chi connectivity index (χ1v) is 7.49. The fraction of sp³-hybridized carbons (Fsp3) is 0.333. The molecule has 0 saturated carbocycles. The van der Waals surface area contributed by atoms with Crippen LogP contribution in [0.25, 0.3) is 10.9 Å². The number of aromatic nitrogens is 1. The normalized spacial score (nSPS) is 12.6. The highest BCUT2D eigenvalue weighted by Crippen LogP contribution is 2.27. The maximum Gasteiger partial charge on any atom is 0.326 e. The van der Waals surface area contributed by atoms with Gasteiger partial charge in [0.05, 0.1) is 4.47 Å². The topological polar surface area (TPSA) is 82.2 Å². The van der Waals surface area contributed by atoms with Gasteiger partial charge in [0, 0.05) is 10.9 Å². The minimum atomic E-state index is -1.02. The molecule has 0 bridgehead atoms. The van der Waals surface area contributed by atoms with E-state index in [-0.39, 0.29) is 5.92 Å². The Morgan fingerprint density at radius 2 is 2.00 bits per heavy atom. The summed E-state index contributed by atoms with van der Waals surface area (Å²) in [7, 11) is 0.